The SMILES string of the molecule is COc1cc(NC(C)c2nccs2)c([N+](=O)[O-])cc1OC. The van der Waals surface area contributed by atoms with E-state index in [0.717, 1.165) is 5.01 Å². The number of rotatable bonds is 6. The lowest BCUT2D eigenvalue weighted by Crippen LogP contribution is -2.08. The molecule has 0 radical (unpaired) electrons. The molecule has 1 aromatic carbocycles. The van der Waals surface area contributed by atoms with Crippen molar-refractivity contribution in [3.63, 3.8) is 0 Å². The van der Waals surface area contributed by atoms with Crippen LogP contribution in [0.15, 0.2) is 23.7 Å². The van der Waals surface area contributed by atoms with Gasteiger partial charge in [0.1, 0.15) is 10.7 Å². The zero-order chi connectivity index (χ0) is 15.4. The summed E-state index contributed by atoms with van der Waals surface area (Å²) >= 11 is 1.48. The van der Waals surface area contributed by atoms with Crippen molar-refractivity contribution in [2.75, 3.05) is 19.5 Å². The number of hydrogen-bond donors (Lipinski definition) is 1. The Labute approximate surface area is 125 Å². The molecule has 0 saturated heterocycles. The van der Waals surface area contributed by atoms with Crippen LogP contribution in [0, 0.1) is 10.1 Å². The third-order valence-corrected chi connectivity index (χ3v) is 3.85. The number of methoxy groups -OCH3 is 2. The Balaban J connectivity index is 2.39. The Morgan fingerprint density at radius 3 is 2.52 bits per heavy atom. The van der Waals surface area contributed by atoms with E-state index in [1.807, 2.05) is 12.3 Å². The van der Waals surface area contributed by atoms with Gasteiger partial charge in [-0.1, -0.05) is 0 Å². The zero-order valence-electron chi connectivity index (χ0n) is 11.8. The van der Waals surface area contributed by atoms with Crippen LogP contribution in [0.3, 0.4) is 0 Å². The number of anilines is 1. The van der Waals surface area contributed by atoms with Gasteiger partial charge in [-0.2, -0.15) is 0 Å². The molecule has 0 aliphatic heterocycles. The van der Waals surface area contributed by atoms with Crippen LogP contribution in [0.25, 0.3) is 0 Å². The summed E-state index contributed by atoms with van der Waals surface area (Å²) in [6.07, 6.45) is 1.70. The van der Waals surface area contributed by atoms with Gasteiger partial charge in [0.05, 0.1) is 31.3 Å². The van der Waals surface area contributed by atoms with E-state index in [-0.39, 0.29) is 11.7 Å². The average molecular weight is 309 g/mol. The van der Waals surface area contributed by atoms with Gasteiger partial charge in [-0.15, -0.1) is 11.3 Å². The molecule has 1 heterocycles. The van der Waals surface area contributed by atoms with Crippen LogP contribution in [-0.4, -0.2) is 24.1 Å². The van der Waals surface area contributed by atoms with Crippen molar-refractivity contribution in [3.8, 4) is 11.5 Å². The lowest BCUT2D eigenvalue weighted by atomic mass is 10.2. The molecule has 0 amide bonds. The molecule has 0 spiro atoms. The summed E-state index contributed by atoms with van der Waals surface area (Å²) in [7, 11) is 2.92. The second-order valence-electron chi connectivity index (χ2n) is 4.22. The predicted molar refractivity (Wildman–Crippen MR) is 80.4 cm³/mol. The topological polar surface area (TPSA) is 86.5 Å². The van der Waals surface area contributed by atoms with E-state index < -0.39 is 4.92 Å². The fourth-order valence-electron chi connectivity index (χ4n) is 1.88. The third kappa shape index (κ3) is 3.22. The van der Waals surface area contributed by atoms with E-state index in [2.05, 4.69) is 10.3 Å². The number of benzene rings is 1. The highest BCUT2D eigenvalue weighted by Crippen LogP contribution is 2.39. The number of ether oxygens (including phenoxy) is 2. The third-order valence-electron chi connectivity index (χ3n) is 2.89. The summed E-state index contributed by atoms with van der Waals surface area (Å²) in [5.74, 6) is 0.744. The Kier molecular flexibility index (Phi) is 4.59. The molecule has 8 heteroatoms. The van der Waals surface area contributed by atoms with E-state index >= 15 is 0 Å². The molecule has 0 aliphatic carbocycles. The fraction of sp³-hybridized carbons (Fsp3) is 0.308. The molecule has 0 aliphatic rings. The minimum absolute atomic E-state index is 0.0731. The van der Waals surface area contributed by atoms with E-state index in [9.17, 15) is 10.1 Å². The molecule has 7 nitrogen and oxygen atoms in total. The first-order valence-electron chi connectivity index (χ1n) is 6.13. The first-order valence-corrected chi connectivity index (χ1v) is 7.01. The lowest BCUT2D eigenvalue weighted by Gasteiger charge is -2.15. The Bertz CT molecular complexity index is 631. The van der Waals surface area contributed by atoms with Crippen molar-refractivity contribution in [1.82, 2.24) is 4.98 Å². The van der Waals surface area contributed by atoms with Crippen LogP contribution in [0.1, 0.15) is 18.0 Å². The van der Waals surface area contributed by atoms with Gasteiger partial charge >= 0.3 is 0 Å². The van der Waals surface area contributed by atoms with Crippen molar-refractivity contribution in [1.29, 1.82) is 0 Å². The van der Waals surface area contributed by atoms with Gasteiger partial charge in [0.2, 0.25) is 0 Å². The Morgan fingerprint density at radius 2 is 2.00 bits per heavy atom. The van der Waals surface area contributed by atoms with Crippen LogP contribution in [0.4, 0.5) is 11.4 Å². The molecule has 1 aromatic heterocycles. The van der Waals surface area contributed by atoms with Gasteiger partial charge in [0.15, 0.2) is 11.5 Å². The summed E-state index contributed by atoms with van der Waals surface area (Å²) in [5.41, 5.74) is 0.288. The van der Waals surface area contributed by atoms with Gasteiger partial charge in [-0.3, -0.25) is 10.1 Å². The number of nitro benzene ring substituents is 1. The van der Waals surface area contributed by atoms with Crippen LogP contribution >= 0.6 is 11.3 Å². The van der Waals surface area contributed by atoms with Crippen molar-refractivity contribution in [3.05, 3.63) is 38.8 Å². The largest absolute Gasteiger partial charge is 0.493 e. The molecule has 112 valence electrons. The van der Waals surface area contributed by atoms with Gasteiger partial charge in [-0.25, -0.2) is 4.98 Å². The highest BCUT2D eigenvalue weighted by atomic mass is 32.1. The number of nitrogens with one attached hydrogen (secondary N) is 1. The highest BCUT2D eigenvalue weighted by molar-refractivity contribution is 7.09. The van der Waals surface area contributed by atoms with Gasteiger partial charge in [-0.05, 0) is 6.92 Å². The average Bonchev–Trinajstić information content (AvgIpc) is 3.00. The number of hydrogen-bond acceptors (Lipinski definition) is 7. The molecule has 2 aromatic rings. The summed E-state index contributed by atoms with van der Waals surface area (Å²) in [6, 6.07) is 2.75. The standard InChI is InChI=1S/C13H15N3O4S/c1-8(13-14-4-5-21-13)15-9-6-11(19-2)12(20-3)7-10(9)16(17)18/h4-8,15H,1-3H3. The molecule has 0 saturated carbocycles. The van der Waals surface area contributed by atoms with Gasteiger partial charge in [0, 0.05) is 17.6 Å². The van der Waals surface area contributed by atoms with Gasteiger partial charge < -0.3 is 14.8 Å². The van der Waals surface area contributed by atoms with Gasteiger partial charge in [0.25, 0.3) is 5.69 Å². The quantitative estimate of drug-likeness (QED) is 0.651. The van der Waals surface area contributed by atoms with E-state index in [4.69, 9.17) is 9.47 Å². The van der Waals surface area contributed by atoms with E-state index in [0.29, 0.717) is 17.2 Å². The molecule has 21 heavy (non-hydrogen) atoms. The van der Waals surface area contributed by atoms with Crippen molar-refractivity contribution in [2.24, 2.45) is 0 Å². The lowest BCUT2D eigenvalue weighted by molar-refractivity contribution is -0.384. The van der Waals surface area contributed by atoms with Crippen LogP contribution in [0.5, 0.6) is 11.5 Å². The molecule has 2 rings (SSSR count). The van der Waals surface area contributed by atoms with E-state index in [1.165, 1.54) is 31.6 Å². The molecule has 0 fully saturated rings. The Hall–Kier alpha value is -2.35. The molecular weight excluding hydrogens is 294 g/mol. The first-order chi connectivity index (χ1) is 10.1. The molecule has 1 atom stereocenters. The maximum atomic E-state index is 11.2. The summed E-state index contributed by atoms with van der Waals surface area (Å²) in [4.78, 5) is 14.9. The normalized spacial score (nSPS) is 11.8. The molecule has 0 bridgehead atoms. The monoisotopic (exact) mass is 309 g/mol. The summed E-state index contributed by atoms with van der Waals surface area (Å²) < 4.78 is 10.3. The molecule has 1 unspecified atom stereocenters. The maximum absolute atomic E-state index is 11.2. The second kappa shape index (κ2) is 6.40. The van der Waals surface area contributed by atoms with Crippen molar-refractivity contribution < 1.29 is 14.4 Å². The van der Waals surface area contributed by atoms with Crippen molar-refractivity contribution >= 4 is 22.7 Å². The maximum Gasteiger partial charge on any atom is 0.296 e. The number of aromatic nitrogens is 1. The highest BCUT2D eigenvalue weighted by Gasteiger charge is 2.21. The van der Waals surface area contributed by atoms with Crippen LogP contribution in [0.2, 0.25) is 0 Å². The Morgan fingerprint density at radius 1 is 1.33 bits per heavy atom. The number of thiazole rings is 1. The van der Waals surface area contributed by atoms with Crippen LogP contribution < -0.4 is 14.8 Å². The summed E-state index contributed by atoms with van der Waals surface area (Å²) in [6.45, 7) is 1.89. The molecular formula is C13H15N3O4S. The zero-order valence-corrected chi connectivity index (χ0v) is 12.6. The number of nitrogens with zero attached hydrogens (tertiary/aromatic N) is 2. The molecule has 1 N–H and O–H groups in total. The minimum Gasteiger partial charge on any atom is -0.493 e. The van der Waals surface area contributed by atoms with Crippen LogP contribution in [-0.2, 0) is 0 Å². The predicted octanol–water partition coefficient (Wildman–Crippen LogP) is 3.24. The second-order valence-corrected chi connectivity index (χ2v) is 5.14. The summed E-state index contributed by atoms with van der Waals surface area (Å²) in [5, 5.41) is 17.0. The van der Waals surface area contributed by atoms with Crippen molar-refractivity contribution in [2.45, 2.75) is 13.0 Å². The fourth-order valence-corrected chi connectivity index (χ4v) is 2.52. The first kappa shape index (κ1) is 15.0. The number of nitro groups is 1. The minimum atomic E-state index is -0.459. The smallest absolute Gasteiger partial charge is 0.296 e. The van der Waals surface area contributed by atoms with E-state index in [1.54, 1.807) is 12.3 Å².